The normalized spacial score (nSPS) is 25.9. The lowest BCUT2D eigenvalue weighted by molar-refractivity contribution is -0.157. The molecule has 1 heterocycles. The number of alkyl halides is 3. The van der Waals surface area contributed by atoms with Gasteiger partial charge in [-0.2, -0.15) is 13.2 Å². The van der Waals surface area contributed by atoms with Crippen LogP contribution in [-0.4, -0.2) is 48.1 Å². The highest BCUT2D eigenvalue weighted by Gasteiger charge is 2.45. The Kier molecular flexibility index (Phi) is 4.19. The summed E-state index contributed by atoms with van der Waals surface area (Å²) in [5.41, 5.74) is 5.16. The fourth-order valence-corrected chi connectivity index (χ4v) is 2.74. The third-order valence-electron chi connectivity index (χ3n) is 4.27. The van der Waals surface area contributed by atoms with Crippen molar-refractivity contribution in [3.05, 3.63) is 0 Å². The van der Waals surface area contributed by atoms with Gasteiger partial charge in [-0.3, -0.25) is 9.59 Å². The van der Waals surface area contributed by atoms with Crippen LogP contribution in [0, 0.1) is 11.8 Å². The van der Waals surface area contributed by atoms with Gasteiger partial charge in [0.25, 0.3) is 0 Å². The minimum Gasteiger partial charge on any atom is -0.349 e. The van der Waals surface area contributed by atoms with E-state index in [0.29, 0.717) is 10.8 Å². The average Bonchev–Trinajstić information content (AvgIpc) is 3.15. The summed E-state index contributed by atoms with van der Waals surface area (Å²) in [6, 6.07) is 0. The molecule has 0 bridgehead atoms. The first-order valence-electron chi connectivity index (χ1n) is 7.01. The van der Waals surface area contributed by atoms with Gasteiger partial charge in [-0.1, -0.05) is 0 Å². The molecule has 5 nitrogen and oxygen atoms in total. The van der Waals surface area contributed by atoms with Gasteiger partial charge in [-0.05, 0) is 25.7 Å². The van der Waals surface area contributed by atoms with Crippen molar-refractivity contribution >= 4 is 11.8 Å². The molecular weight excluding hydrogens is 287 g/mol. The van der Waals surface area contributed by atoms with Gasteiger partial charge in [-0.25, -0.2) is 0 Å². The smallest absolute Gasteiger partial charge is 0.349 e. The number of halogens is 3. The maximum absolute atomic E-state index is 12.3. The highest BCUT2D eigenvalue weighted by Crippen LogP contribution is 2.39. The second-order valence-corrected chi connectivity index (χ2v) is 6.18. The Morgan fingerprint density at radius 3 is 2.52 bits per heavy atom. The first-order chi connectivity index (χ1) is 9.64. The fourth-order valence-electron chi connectivity index (χ4n) is 2.74. The van der Waals surface area contributed by atoms with Gasteiger partial charge in [0.2, 0.25) is 11.8 Å². The van der Waals surface area contributed by atoms with Crippen molar-refractivity contribution in [1.82, 2.24) is 10.2 Å². The van der Waals surface area contributed by atoms with E-state index in [2.05, 4.69) is 5.32 Å². The van der Waals surface area contributed by atoms with E-state index in [9.17, 15) is 22.8 Å². The minimum absolute atomic E-state index is 0.173. The Balaban J connectivity index is 1.93. The number of rotatable bonds is 5. The van der Waals surface area contributed by atoms with Crippen LogP contribution in [0.25, 0.3) is 0 Å². The number of carbonyl (C=O) groups is 2. The predicted octanol–water partition coefficient (Wildman–Crippen LogP) is 0.641. The number of carbonyl (C=O) groups excluding carboxylic acids is 2. The van der Waals surface area contributed by atoms with Crippen molar-refractivity contribution in [3.8, 4) is 0 Å². The summed E-state index contributed by atoms with van der Waals surface area (Å²) in [7, 11) is 0. The molecule has 2 fully saturated rings. The lowest BCUT2D eigenvalue weighted by Crippen LogP contribution is -2.55. The van der Waals surface area contributed by atoms with Crippen molar-refractivity contribution in [3.63, 3.8) is 0 Å². The molecule has 21 heavy (non-hydrogen) atoms. The third-order valence-corrected chi connectivity index (χ3v) is 4.27. The Morgan fingerprint density at radius 2 is 2.05 bits per heavy atom. The van der Waals surface area contributed by atoms with Gasteiger partial charge < -0.3 is 16.0 Å². The standard InChI is InChI=1S/C13H20F3N3O2/c1-12(6-17,9-2-3-9)18-11(21)8-4-10(20)19(5-8)7-13(14,15)16/h8-9H,2-7,17H2,1H3,(H,18,21). The molecule has 2 aliphatic rings. The van der Waals surface area contributed by atoms with Crippen LogP contribution in [0.2, 0.25) is 0 Å². The largest absolute Gasteiger partial charge is 0.406 e. The molecule has 2 rings (SSSR count). The van der Waals surface area contributed by atoms with Crippen LogP contribution in [0.3, 0.4) is 0 Å². The lowest BCUT2D eigenvalue weighted by Gasteiger charge is -2.30. The molecule has 0 radical (unpaired) electrons. The van der Waals surface area contributed by atoms with Gasteiger partial charge in [0, 0.05) is 19.5 Å². The summed E-state index contributed by atoms with van der Waals surface area (Å²) in [5.74, 6) is -1.43. The Bertz CT molecular complexity index is 437. The van der Waals surface area contributed by atoms with Crippen molar-refractivity contribution < 1.29 is 22.8 Å². The number of likely N-dealkylation sites (tertiary alicyclic amines) is 1. The molecule has 3 N–H and O–H groups in total. The fraction of sp³-hybridized carbons (Fsp3) is 0.846. The molecule has 2 amide bonds. The van der Waals surface area contributed by atoms with E-state index in [1.165, 1.54) is 0 Å². The minimum atomic E-state index is -4.44. The first-order valence-corrected chi connectivity index (χ1v) is 7.01. The van der Waals surface area contributed by atoms with Gasteiger partial charge >= 0.3 is 6.18 Å². The van der Waals surface area contributed by atoms with Crippen LogP contribution in [0.1, 0.15) is 26.2 Å². The van der Waals surface area contributed by atoms with Gasteiger partial charge in [0.05, 0.1) is 11.5 Å². The molecule has 0 aromatic carbocycles. The lowest BCUT2D eigenvalue weighted by atomic mass is 9.94. The summed E-state index contributed by atoms with van der Waals surface area (Å²) in [4.78, 5) is 24.4. The molecule has 120 valence electrons. The van der Waals surface area contributed by atoms with E-state index >= 15 is 0 Å². The topological polar surface area (TPSA) is 75.4 Å². The zero-order chi connectivity index (χ0) is 15.8. The molecule has 8 heteroatoms. The van der Waals surface area contributed by atoms with Gasteiger partial charge in [0.1, 0.15) is 6.54 Å². The molecule has 1 saturated carbocycles. The van der Waals surface area contributed by atoms with Crippen molar-refractivity contribution in [2.75, 3.05) is 19.6 Å². The van der Waals surface area contributed by atoms with E-state index in [4.69, 9.17) is 5.73 Å². The Morgan fingerprint density at radius 1 is 1.43 bits per heavy atom. The molecule has 2 atom stereocenters. The Hall–Kier alpha value is -1.31. The summed E-state index contributed by atoms with van der Waals surface area (Å²) in [6.45, 7) is 0.630. The number of hydrogen-bond acceptors (Lipinski definition) is 3. The molecule has 0 aromatic rings. The number of hydrogen-bond donors (Lipinski definition) is 2. The van der Waals surface area contributed by atoms with Gasteiger partial charge in [0.15, 0.2) is 0 Å². The molecule has 0 spiro atoms. The molecule has 1 saturated heterocycles. The van der Waals surface area contributed by atoms with Gasteiger partial charge in [-0.15, -0.1) is 0 Å². The van der Waals surface area contributed by atoms with E-state index in [-0.39, 0.29) is 25.4 Å². The Labute approximate surface area is 121 Å². The molecule has 1 aliphatic heterocycles. The van der Waals surface area contributed by atoms with E-state index in [1.54, 1.807) is 0 Å². The number of nitrogens with zero attached hydrogens (tertiary/aromatic N) is 1. The molecule has 1 aliphatic carbocycles. The van der Waals surface area contributed by atoms with Crippen LogP contribution in [0.4, 0.5) is 13.2 Å². The van der Waals surface area contributed by atoms with Crippen molar-refractivity contribution in [1.29, 1.82) is 0 Å². The quantitative estimate of drug-likeness (QED) is 0.783. The second kappa shape index (κ2) is 5.47. The summed E-state index contributed by atoms with van der Waals surface area (Å²) < 4.78 is 37.0. The number of amides is 2. The van der Waals surface area contributed by atoms with Crippen LogP contribution < -0.4 is 11.1 Å². The highest BCUT2D eigenvalue weighted by molar-refractivity contribution is 5.89. The number of nitrogens with one attached hydrogen (secondary N) is 1. The number of nitrogens with two attached hydrogens (primary N) is 1. The summed E-state index contributed by atoms with van der Waals surface area (Å²) in [5, 5.41) is 2.83. The SMILES string of the molecule is CC(CN)(NC(=O)C1CC(=O)N(CC(F)(F)F)C1)C1CC1. The van der Waals surface area contributed by atoms with E-state index in [1.807, 2.05) is 6.92 Å². The maximum atomic E-state index is 12.3. The summed E-state index contributed by atoms with van der Waals surface area (Å²) >= 11 is 0. The molecule has 2 unspecified atom stereocenters. The highest BCUT2D eigenvalue weighted by atomic mass is 19.4. The monoisotopic (exact) mass is 307 g/mol. The van der Waals surface area contributed by atoms with Crippen molar-refractivity contribution in [2.45, 2.75) is 37.9 Å². The average molecular weight is 307 g/mol. The first kappa shape index (κ1) is 16.1. The second-order valence-electron chi connectivity index (χ2n) is 6.18. The zero-order valence-electron chi connectivity index (χ0n) is 11.9. The van der Waals surface area contributed by atoms with Crippen LogP contribution in [-0.2, 0) is 9.59 Å². The van der Waals surface area contributed by atoms with E-state index < -0.39 is 30.1 Å². The van der Waals surface area contributed by atoms with Crippen LogP contribution in [0.15, 0.2) is 0 Å². The predicted molar refractivity (Wildman–Crippen MR) is 69.1 cm³/mol. The molecule has 0 aromatic heterocycles. The zero-order valence-corrected chi connectivity index (χ0v) is 11.9. The summed E-state index contributed by atoms with van der Waals surface area (Å²) in [6.07, 6.45) is -2.65. The third kappa shape index (κ3) is 3.87. The molecular formula is C13H20F3N3O2. The van der Waals surface area contributed by atoms with E-state index in [0.717, 1.165) is 12.8 Å². The van der Waals surface area contributed by atoms with Crippen LogP contribution in [0.5, 0.6) is 0 Å². The van der Waals surface area contributed by atoms with Crippen LogP contribution >= 0.6 is 0 Å². The van der Waals surface area contributed by atoms with Crippen molar-refractivity contribution in [2.24, 2.45) is 17.6 Å². The maximum Gasteiger partial charge on any atom is 0.406 e.